The average Bonchev–Trinajstić information content (AvgIpc) is 3.42. The number of rotatable bonds is 4. The first kappa shape index (κ1) is 18.4. The van der Waals surface area contributed by atoms with E-state index >= 15 is 0 Å². The minimum Gasteiger partial charge on any atom is -0.337 e. The molecule has 1 saturated heterocycles. The lowest BCUT2D eigenvalue weighted by Crippen LogP contribution is -2.43. The van der Waals surface area contributed by atoms with E-state index in [2.05, 4.69) is 10.4 Å². The van der Waals surface area contributed by atoms with E-state index in [0.717, 1.165) is 6.42 Å². The lowest BCUT2D eigenvalue weighted by Gasteiger charge is -2.31. The highest BCUT2D eigenvalue weighted by Gasteiger charge is 2.29. The maximum absolute atomic E-state index is 14.4. The first-order valence-electron chi connectivity index (χ1n) is 9.05. The topological polar surface area (TPSA) is 67.2 Å². The summed E-state index contributed by atoms with van der Waals surface area (Å²) in [5, 5.41) is 8.65. The molecule has 3 heterocycles. The summed E-state index contributed by atoms with van der Waals surface area (Å²) >= 11 is 1.40. The third-order valence-electron chi connectivity index (χ3n) is 4.78. The van der Waals surface area contributed by atoms with E-state index in [9.17, 15) is 14.0 Å². The normalized spacial score (nSPS) is 16.8. The Morgan fingerprint density at radius 3 is 2.86 bits per heavy atom. The Balaban J connectivity index is 1.42. The number of carbonyl (C=O) groups excluding carboxylic acids is 2. The molecule has 1 unspecified atom stereocenters. The van der Waals surface area contributed by atoms with Gasteiger partial charge in [-0.05, 0) is 48.6 Å². The number of amides is 2. The van der Waals surface area contributed by atoms with Gasteiger partial charge in [-0.25, -0.2) is 9.07 Å². The van der Waals surface area contributed by atoms with Gasteiger partial charge in [-0.15, -0.1) is 11.3 Å². The molecule has 28 heavy (non-hydrogen) atoms. The second-order valence-corrected chi connectivity index (χ2v) is 7.62. The number of nitrogens with one attached hydrogen (secondary N) is 1. The van der Waals surface area contributed by atoms with E-state index in [4.69, 9.17) is 0 Å². The molecule has 1 aliphatic rings. The van der Waals surface area contributed by atoms with E-state index in [1.54, 1.807) is 41.6 Å². The highest BCUT2D eigenvalue weighted by Crippen LogP contribution is 2.23. The number of nitrogens with zero attached hydrogens (tertiary/aromatic N) is 3. The molecular weight excluding hydrogens is 379 g/mol. The van der Waals surface area contributed by atoms with Gasteiger partial charge in [0.05, 0.1) is 10.8 Å². The van der Waals surface area contributed by atoms with Crippen molar-refractivity contribution >= 4 is 28.8 Å². The lowest BCUT2D eigenvalue weighted by molar-refractivity contribution is -0.121. The van der Waals surface area contributed by atoms with Gasteiger partial charge in [-0.2, -0.15) is 5.10 Å². The van der Waals surface area contributed by atoms with Crippen LogP contribution in [0, 0.1) is 11.7 Å². The van der Waals surface area contributed by atoms with Crippen molar-refractivity contribution in [2.45, 2.75) is 12.8 Å². The zero-order valence-corrected chi connectivity index (χ0v) is 15.9. The number of carbonyl (C=O) groups is 2. The van der Waals surface area contributed by atoms with Crippen LogP contribution in [0.15, 0.2) is 54.2 Å². The molecule has 0 bridgehead atoms. The van der Waals surface area contributed by atoms with E-state index < -0.39 is 5.82 Å². The molecule has 8 heteroatoms. The molecule has 1 aromatic carbocycles. The molecule has 0 aliphatic carbocycles. The van der Waals surface area contributed by atoms with Crippen LogP contribution in [-0.2, 0) is 4.79 Å². The van der Waals surface area contributed by atoms with Crippen LogP contribution in [0.4, 0.5) is 10.1 Å². The highest BCUT2D eigenvalue weighted by atomic mass is 32.1. The van der Waals surface area contributed by atoms with Crippen molar-refractivity contribution in [1.82, 2.24) is 14.7 Å². The lowest BCUT2D eigenvalue weighted by atomic mass is 9.97. The van der Waals surface area contributed by atoms with Gasteiger partial charge in [-0.3, -0.25) is 9.59 Å². The fourth-order valence-corrected chi connectivity index (χ4v) is 4.05. The van der Waals surface area contributed by atoms with Crippen LogP contribution < -0.4 is 5.32 Å². The summed E-state index contributed by atoms with van der Waals surface area (Å²) in [7, 11) is 0. The molecule has 1 aliphatic heterocycles. The third-order valence-corrected chi connectivity index (χ3v) is 5.64. The van der Waals surface area contributed by atoms with Crippen molar-refractivity contribution in [3.05, 3.63) is 64.9 Å². The molecule has 3 aromatic rings. The molecular formula is C20H19FN4O2S. The molecule has 0 spiro atoms. The molecule has 4 rings (SSSR count). The zero-order valence-electron chi connectivity index (χ0n) is 15.0. The quantitative estimate of drug-likeness (QED) is 0.731. The predicted octanol–water partition coefficient (Wildman–Crippen LogP) is 3.56. The van der Waals surface area contributed by atoms with Crippen molar-refractivity contribution in [2.75, 3.05) is 18.4 Å². The van der Waals surface area contributed by atoms with E-state index in [1.165, 1.54) is 22.1 Å². The Bertz CT molecular complexity index is 972. The van der Waals surface area contributed by atoms with Crippen molar-refractivity contribution in [2.24, 2.45) is 5.92 Å². The maximum atomic E-state index is 14.4. The van der Waals surface area contributed by atoms with Gasteiger partial charge in [0.25, 0.3) is 5.91 Å². The number of piperidine rings is 1. The number of hydrogen-bond donors (Lipinski definition) is 1. The summed E-state index contributed by atoms with van der Waals surface area (Å²) < 4.78 is 15.8. The Kier molecular flexibility index (Phi) is 5.21. The Morgan fingerprint density at radius 2 is 2.14 bits per heavy atom. The SMILES string of the molecule is O=C(Nc1ccc(-n2cccn2)c(F)c1)C1CCCN(C(=O)c2cccs2)C1. The number of benzene rings is 1. The summed E-state index contributed by atoms with van der Waals surface area (Å²) in [5.74, 6) is -1.02. The number of likely N-dealkylation sites (tertiary alicyclic amines) is 1. The molecule has 1 atom stereocenters. The number of halogens is 1. The van der Waals surface area contributed by atoms with Crippen molar-refractivity contribution < 1.29 is 14.0 Å². The van der Waals surface area contributed by atoms with E-state index in [0.29, 0.717) is 35.8 Å². The first-order chi connectivity index (χ1) is 13.6. The summed E-state index contributed by atoms with van der Waals surface area (Å²) in [5.41, 5.74) is 0.702. The van der Waals surface area contributed by atoms with Crippen molar-refractivity contribution in [1.29, 1.82) is 0 Å². The van der Waals surface area contributed by atoms with E-state index in [-0.39, 0.29) is 17.7 Å². The van der Waals surface area contributed by atoms with Gasteiger partial charge in [0.1, 0.15) is 5.69 Å². The van der Waals surface area contributed by atoms with Crippen molar-refractivity contribution in [3.8, 4) is 5.69 Å². The molecule has 0 radical (unpaired) electrons. The second-order valence-electron chi connectivity index (χ2n) is 6.67. The number of anilines is 1. The molecule has 2 aromatic heterocycles. The molecule has 144 valence electrons. The van der Waals surface area contributed by atoms with Crippen LogP contribution in [0.3, 0.4) is 0 Å². The predicted molar refractivity (Wildman–Crippen MR) is 105 cm³/mol. The molecule has 2 amide bonds. The van der Waals surface area contributed by atoms with Gasteiger partial charge in [0.2, 0.25) is 5.91 Å². The number of aromatic nitrogens is 2. The molecule has 1 fully saturated rings. The van der Waals surface area contributed by atoms with E-state index in [1.807, 2.05) is 11.4 Å². The molecule has 6 nitrogen and oxygen atoms in total. The van der Waals surface area contributed by atoms with Gasteiger partial charge in [0, 0.05) is 31.2 Å². The average molecular weight is 398 g/mol. The minimum atomic E-state index is -0.473. The van der Waals surface area contributed by atoms with Crippen LogP contribution in [-0.4, -0.2) is 39.6 Å². The minimum absolute atomic E-state index is 0.0397. The third kappa shape index (κ3) is 3.82. The summed E-state index contributed by atoms with van der Waals surface area (Å²) in [4.78, 5) is 27.6. The van der Waals surface area contributed by atoms with Crippen LogP contribution in [0.1, 0.15) is 22.5 Å². The Labute approximate surface area is 165 Å². The van der Waals surface area contributed by atoms with Crippen LogP contribution in [0.25, 0.3) is 5.69 Å². The molecule has 0 saturated carbocycles. The van der Waals surface area contributed by atoms with Crippen LogP contribution >= 0.6 is 11.3 Å². The smallest absolute Gasteiger partial charge is 0.263 e. The maximum Gasteiger partial charge on any atom is 0.263 e. The first-order valence-corrected chi connectivity index (χ1v) is 9.93. The summed E-state index contributed by atoms with van der Waals surface area (Å²) in [6, 6.07) is 9.85. The zero-order chi connectivity index (χ0) is 19.5. The van der Waals surface area contributed by atoms with Crippen molar-refractivity contribution in [3.63, 3.8) is 0 Å². The Hall–Kier alpha value is -3.00. The largest absolute Gasteiger partial charge is 0.337 e. The number of thiophene rings is 1. The van der Waals surface area contributed by atoms with Gasteiger partial charge < -0.3 is 10.2 Å². The second kappa shape index (κ2) is 7.93. The summed E-state index contributed by atoms with van der Waals surface area (Å²) in [6.07, 6.45) is 4.69. The highest BCUT2D eigenvalue weighted by molar-refractivity contribution is 7.12. The van der Waals surface area contributed by atoms with Gasteiger partial charge in [-0.1, -0.05) is 6.07 Å². The fourth-order valence-electron chi connectivity index (χ4n) is 3.36. The fraction of sp³-hybridized carbons (Fsp3) is 0.250. The number of hydrogen-bond acceptors (Lipinski definition) is 4. The van der Waals surface area contributed by atoms with Gasteiger partial charge in [0.15, 0.2) is 5.82 Å². The van der Waals surface area contributed by atoms with Gasteiger partial charge >= 0.3 is 0 Å². The standard InChI is InChI=1S/C20H19FN4O2S/c21-16-12-15(6-7-17(16)25-10-3-8-22-25)23-19(26)14-4-1-9-24(13-14)20(27)18-5-2-11-28-18/h2-3,5-8,10-12,14H,1,4,9,13H2,(H,23,26). The monoisotopic (exact) mass is 398 g/mol. The molecule has 1 N–H and O–H groups in total. The summed E-state index contributed by atoms with van der Waals surface area (Å²) in [6.45, 7) is 1.02. The van der Waals surface area contributed by atoms with Crippen LogP contribution in [0.2, 0.25) is 0 Å². The Morgan fingerprint density at radius 1 is 1.25 bits per heavy atom. The van der Waals surface area contributed by atoms with Crippen LogP contribution in [0.5, 0.6) is 0 Å².